The lowest BCUT2D eigenvalue weighted by atomic mass is 10.1. The van der Waals surface area contributed by atoms with Gasteiger partial charge >= 0.3 is 8.56 Å². The van der Waals surface area contributed by atoms with Crippen molar-refractivity contribution in [2.75, 3.05) is 0 Å². The average molecular weight is 386 g/mol. The van der Waals surface area contributed by atoms with E-state index in [1.165, 1.54) is 13.8 Å². The molecule has 142 valence electrons. The lowest BCUT2D eigenvalue weighted by Gasteiger charge is -2.36. The van der Waals surface area contributed by atoms with Gasteiger partial charge in [0.05, 0.1) is 6.61 Å². The summed E-state index contributed by atoms with van der Waals surface area (Å²) < 4.78 is 22.9. The quantitative estimate of drug-likeness (QED) is 0.753. The molecule has 1 unspecified atom stereocenters. The zero-order valence-corrected chi connectivity index (χ0v) is 16.8. The van der Waals surface area contributed by atoms with Crippen LogP contribution in [-0.2, 0) is 35.6 Å². The van der Waals surface area contributed by atoms with E-state index in [2.05, 4.69) is 0 Å². The van der Waals surface area contributed by atoms with Crippen molar-refractivity contribution in [2.45, 2.75) is 39.7 Å². The highest BCUT2D eigenvalue weighted by Gasteiger charge is 2.42. The minimum atomic E-state index is -3.22. The molecule has 0 fully saturated rings. The molecular weight excluding hydrogens is 364 g/mol. The zero-order valence-electron chi connectivity index (χ0n) is 15.8. The van der Waals surface area contributed by atoms with E-state index in [1.807, 2.05) is 43.3 Å². The first-order valence-electron chi connectivity index (χ1n) is 8.63. The van der Waals surface area contributed by atoms with Gasteiger partial charge in [-0.05, 0) is 12.1 Å². The second-order valence-electron chi connectivity index (χ2n) is 6.66. The van der Waals surface area contributed by atoms with Crippen molar-refractivity contribution in [3.8, 4) is 5.75 Å². The molecule has 1 aliphatic heterocycles. The average Bonchev–Trinajstić information content (AvgIpc) is 2.60. The number of fused-ring (bicyclic) bond motifs is 1. The molecule has 0 spiro atoms. The van der Waals surface area contributed by atoms with Crippen molar-refractivity contribution < 1.29 is 27.9 Å². The first-order valence-corrected chi connectivity index (χ1v) is 10.9. The molecule has 1 aliphatic rings. The molecule has 0 N–H and O–H groups in total. The van der Waals surface area contributed by atoms with Crippen molar-refractivity contribution in [1.82, 2.24) is 0 Å². The highest BCUT2D eigenvalue weighted by atomic mass is 28.4. The fourth-order valence-electron chi connectivity index (χ4n) is 3.10. The highest BCUT2D eigenvalue weighted by Crippen LogP contribution is 2.37. The molecule has 0 saturated heterocycles. The molecule has 0 saturated carbocycles. The molecular formula is C20H22O6Si. The fraction of sp³-hybridized carbons (Fsp3) is 0.300. The third-order valence-corrected chi connectivity index (χ3v) is 7.08. The van der Waals surface area contributed by atoms with E-state index in [0.29, 0.717) is 17.5 Å². The predicted molar refractivity (Wildman–Crippen MR) is 100 cm³/mol. The summed E-state index contributed by atoms with van der Waals surface area (Å²) in [5.74, 6) is -1.19. The summed E-state index contributed by atoms with van der Waals surface area (Å²) in [6.45, 7) is 6.44. The van der Waals surface area contributed by atoms with E-state index in [1.54, 1.807) is 18.7 Å². The number of hydrogen-bond acceptors (Lipinski definition) is 6. The Kier molecular flexibility index (Phi) is 5.08. The van der Waals surface area contributed by atoms with Crippen molar-refractivity contribution in [3.63, 3.8) is 0 Å². The van der Waals surface area contributed by atoms with Gasteiger partial charge in [-0.2, -0.15) is 0 Å². The van der Waals surface area contributed by atoms with Crippen molar-refractivity contribution >= 4 is 25.7 Å². The standard InChI is InChI=1S/C20H22O6Si/c1-14(21)25-27(4,26-15(2)22)18-10-11-19-16(12-18)13-23-20(3,24-19)17-8-6-5-7-9-17/h5-12H,13H2,1-4H3. The van der Waals surface area contributed by atoms with Crippen LogP contribution in [0.5, 0.6) is 5.75 Å². The van der Waals surface area contributed by atoms with Crippen molar-refractivity contribution in [3.05, 3.63) is 59.7 Å². The maximum atomic E-state index is 11.5. The molecule has 1 heterocycles. The third kappa shape index (κ3) is 4.04. The smallest absolute Gasteiger partial charge is 0.482 e. The first kappa shape index (κ1) is 19.1. The topological polar surface area (TPSA) is 71.1 Å². The fourth-order valence-corrected chi connectivity index (χ4v) is 5.30. The zero-order chi connectivity index (χ0) is 19.7. The molecule has 0 amide bonds. The first-order chi connectivity index (χ1) is 12.7. The lowest BCUT2D eigenvalue weighted by molar-refractivity contribution is -0.201. The third-order valence-electron chi connectivity index (χ3n) is 4.37. The van der Waals surface area contributed by atoms with Crippen LogP contribution < -0.4 is 9.92 Å². The maximum absolute atomic E-state index is 11.5. The number of carbonyl (C=O) groups excluding carboxylic acids is 2. The summed E-state index contributed by atoms with van der Waals surface area (Å²) in [6, 6.07) is 15.1. The van der Waals surface area contributed by atoms with Crippen LogP contribution in [0.4, 0.5) is 0 Å². The highest BCUT2D eigenvalue weighted by molar-refractivity contribution is 6.82. The minimum Gasteiger partial charge on any atom is -0.482 e. The van der Waals surface area contributed by atoms with Crippen LogP contribution in [0.3, 0.4) is 0 Å². The Morgan fingerprint density at radius 2 is 1.67 bits per heavy atom. The number of hydrogen-bond donors (Lipinski definition) is 0. The number of rotatable bonds is 4. The lowest BCUT2D eigenvalue weighted by Crippen LogP contribution is -2.53. The molecule has 0 aliphatic carbocycles. The summed E-state index contributed by atoms with van der Waals surface area (Å²) in [5, 5.41) is 0.655. The Balaban J connectivity index is 1.92. The van der Waals surface area contributed by atoms with Gasteiger partial charge in [0.2, 0.25) is 5.79 Å². The van der Waals surface area contributed by atoms with E-state index in [0.717, 1.165) is 11.1 Å². The summed E-state index contributed by atoms with van der Waals surface area (Å²) in [6.07, 6.45) is 0. The SMILES string of the molecule is CC(=O)O[Si](C)(OC(C)=O)c1ccc2c(c1)COC(C)(c1ccccc1)O2. The summed E-state index contributed by atoms with van der Waals surface area (Å²) >= 11 is 0. The number of benzene rings is 2. The van der Waals surface area contributed by atoms with Gasteiger partial charge in [0.25, 0.3) is 11.9 Å². The molecule has 6 nitrogen and oxygen atoms in total. The van der Waals surface area contributed by atoms with Gasteiger partial charge in [-0.15, -0.1) is 0 Å². The van der Waals surface area contributed by atoms with E-state index in [-0.39, 0.29) is 0 Å². The number of ether oxygens (including phenoxy) is 2. The van der Waals surface area contributed by atoms with Gasteiger partial charge in [-0.1, -0.05) is 36.4 Å². The summed E-state index contributed by atoms with van der Waals surface area (Å²) in [7, 11) is -3.22. The van der Waals surface area contributed by atoms with Gasteiger partial charge in [0, 0.05) is 43.6 Å². The largest absolute Gasteiger partial charge is 0.496 e. The number of carbonyl (C=O) groups is 2. The van der Waals surface area contributed by atoms with Crippen LogP contribution in [0.2, 0.25) is 6.55 Å². The normalized spacial score (nSPS) is 18.8. The van der Waals surface area contributed by atoms with Crippen LogP contribution in [0.25, 0.3) is 0 Å². The molecule has 2 aromatic carbocycles. The van der Waals surface area contributed by atoms with Crippen molar-refractivity contribution in [1.29, 1.82) is 0 Å². The van der Waals surface area contributed by atoms with Gasteiger partial charge in [0.1, 0.15) is 5.75 Å². The van der Waals surface area contributed by atoms with Crippen LogP contribution in [0.15, 0.2) is 48.5 Å². The van der Waals surface area contributed by atoms with Crippen LogP contribution in [-0.4, -0.2) is 20.5 Å². The molecule has 0 radical (unpaired) electrons. The summed E-state index contributed by atoms with van der Waals surface area (Å²) in [4.78, 5) is 23.0. The van der Waals surface area contributed by atoms with Gasteiger partial charge < -0.3 is 18.3 Å². The van der Waals surface area contributed by atoms with E-state index >= 15 is 0 Å². The van der Waals surface area contributed by atoms with Crippen molar-refractivity contribution in [2.24, 2.45) is 0 Å². The molecule has 27 heavy (non-hydrogen) atoms. The molecule has 0 bridgehead atoms. The van der Waals surface area contributed by atoms with Crippen LogP contribution >= 0.6 is 0 Å². The Hall–Kier alpha value is -2.64. The van der Waals surface area contributed by atoms with Gasteiger partial charge in [-0.3, -0.25) is 9.59 Å². The maximum Gasteiger partial charge on any atom is 0.496 e. The summed E-state index contributed by atoms with van der Waals surface area (Å²) in [5.41, 5.74) is 1.72. The van der Waals surface area contributed by atoms with Crippen LogP contribution in [0.1, 0.15) is 31.9 Å². The predicted octanol–water partition coefficient (Wildman–Crippen LogP) is 2.87. The van der Waals surface area contributed by atoms with E-state index in [9.17, 15) is 9.59 Å². The molecule has 0 aromatic heterocycles. The molecule has 3 rings (SSSR count). The molecule has 7 heteroatoms. The second kappa shape index (κ2) is 7.17. The second-order valence-corrected chi connectivity index (χ2v) is 9.53. The van der Waals surface area contributed by atoms with Gasteiger partial charge in [0.15, 0.2) is 0 Å². The van der Waals surface area contributed by atoms with E-state index in [4.69, 9.17) is 18.3 Å². The van der Waals surface area contributed by atoms with Gasteiger partial charge in [-0.25, -0.2) is 0 Å². The van der Waals surface area contributed by atoms with Crippen LogP contribution in [0, 0.1) is 0 Å². The van der Waals surface area contributed by atoms with E-state index < -0.39 is 26.3 Å². The Morgan fingerprint density at radius 3 is 2.26 bits per heavy atom. The monoisotopic (exact) mass is 386 g/mol. The minimum absolute atomic E-state index is 0.319. The molecule has 1 atom stereocenters. The Labute approximate surface area is 159 Å². The molecule has 2 aromatic rings. The Bertz CT molecular complexity index is 850. The Morgan fingerprint density at radius 1 is 1.04 bits per heavy atom.